The van der Waals surface area contributed by atoms with Crippen LogP contribution in [0.4, 0.5) is 4.39 Å². The van der Waals surface area contributed by atoms with Crippen LogP contribution in [-0.4, -0.2) is 37.6 Å². The zero-order valence-corrected chi connectivity index (χ0v) is 10.5. The van der Waals surface area contributed by atoms with Crippen LogP contribution >= 0.6 is 0 Å². The van der Waals surface area contributed by atoms with Crippen molar-refractivity contribution in [2.24, 2.45) is 0 Å². The summed E-state index contributed by atoms with van der Waals surface area (Å²) in [5.41, 5.74) is 0.375. The number of rotatable bonds is 3. The van der Waals surface area contributed by atoms with Crippen molar-refractivity contribution in [3.05, 3.63) is 29.6 Å². The van der Waals surface area contributed by atoms with Gasteiger partial charge in [0.2, 0.25) is 5.91 Å². The summed E-state index contributed by atoms with van der Waals surface area (Å²) < 4.78 is 18.5. The molecule has 100 valence electrons. The van der Waals surface area contributed by atoms with Gasteiger partial charge in [-0.25, -0.2) is 4.39 Å². The minimum atomic E-state index is -0.833. The predicted octanol–water partition coefficient (Wildman–Crippen LogP) is 0.831. The first kappa shape index (κ1) is 13.3. The quantitative estimate of drug-likeness (QED) is 0.877. The summed E-state index contributed by atoms with van der Waals surface area (Å²) in [6, 6.07) is 5.18. The molecule has 0 aliphatic carbocycles. The highest BCUT2D eigenvalue weighted by molar-refractivity contribution is 5.80. The van der Waals surface area contributed by atoms with Crippen molar-refractivity contribution in [1.29, 1.82) is 5.26 Å². The van der Waals surface area contributed by atoms with Gasteiger partial charge in [-0.1, -0.05) is 0 Å². The topological polar surface area (TPSA) is 65.4 Å². The number of nitriles is 1. The maximum absolute atomic E-state index is 13.4. The Balaban J connectivity index is 2.39. The second-order valence-corrected chi connectivity index (χ2v) is 4.18. The van der Waals surface area contributed by atoms with Crippen molar-refractivity contribution in [3.63, 3.8) is 0 Å². The number of benzene rings is 1. The number of carbonyl (C=O) groups excluding carboxylic acids is 1. The summed E-state index contributed by atoms with van der Waals surface area (Å²) in [6.45, 7) is 1.22. The van der Waals surface area contributed by atoms with Gasteiger partial charge in [0.15, 0.2) is 0 Å². The fourth-order valence-electron chi connectivity index (χ4n) is 2.12. The Bertz CT molecular complexity index is 527. The minimum Gasteiger partial charge on any atom is -0.496 e. The van der Waals surface area contributed by atoms with Crippen molar-refractivity contribution in [3.8, 4) is 11.8 Å². The van der Waals surface area contributed by atoms with Crippen molar-refractivity contribution in [2.75, 3.05) is 26.7 Å². The number of hydrogen-bond donors (Lipinski definition) is 1. The van der Waals surface area contributed by atoms with Crippen LogP contribution in [0, 0.1) is 17.1 Å². The van der Waals surface area contributed by atoms with Gasteiger partial charge in [0, 0.05) is 18.7 Å². The lowest BCUT2D eigenvalue weighted by Gasteiger charge is -2.31. The van der Waals surface area contributed by atoms with E-state index in [-0.39, 0.29) is 12.5 Å². The molecule has 0 radical (unpaired) electrons. The first-order valence-electron chi connectivity index (χ1n) is 5.90. The Kier molecular flexibility index (Phi) is 3.97. The number of piperazine rings is 1. The van der Waals surface area contributed by atoms with Crippen LogP contribution in [-0.2, 0) is 4.79 Å². The second-order valence-electron chi connectivity index (χ2n) is 4.18. The molecule has 1 aromatic carbocycles. The number of hydrogen-bond acceptors (Lipinski definition) is 4. The van der Waals surface area contributed by atoms with Crippen LogP contribution in [0.15, 0.2) is 18.2 Å². The molecule has 1 N–H and O–H groups in total. The third-order valence-electron chi connectivity index (χ3n) is 3.05. The van der Waals surface area contributed by atoms with Crippen LogP contribution in [0.5, 0.6) is 5.75 Å². The van der Waals surface area contributed by atoms with E-state index in [1.165, 1.54) is 30.2 Å². The van der Waals surface area contributed by atoms with E-state index < -0.39 is 11.9 Å². The molecule has 5 nitrogen and oxygen atoms in total. The van der Waals surface area contributed by atoms with Crippen LogP contribution < -0.4 is 10.1 Å². The number of nitrogens with zero attached hydrogens (tertiary/aromatic N) is 2. The fraction of sp³-hybridized carbons (Fsp3) is 0.385. The molecule has 1 fully saturated rings. The largest absolute Gasteiger partial charge is 0.496 e. The van der Waals surface area contributed by atoms with Gasteiger partial charge in [-0.3, -0.25) is 4.79 Å². The van der Waals surface area contributed by atoms with Gasteiger partial charge < -0.3 is 15.0 Å². The molecule has 0 saturated carbocycles. The van der Waals surface area contributed by atoms with E-state index in [2.05, 4.69) is 11.4 Å². The molecule has 1 unspecified atom stereocenters. The lowest BCUT2D eigenvalue weighted by Crippen LogP contribution is -2.49. The summed E-state index contributed by atoms with van der Waals surface area (Å²) in [5, 5.41) is 12.2. The molecule has 19 heavy (non-hydrogen) atoms. The third kappa shape index (κ3) is 2.66. The number of nitrogens with one attached hydrogen (secondary N) is 1. The van der Waals surface area contributed by atoms with E-state index in [0.29, 0.717) is 24.4 Å². The Morgan fingerprint density at radius 3 is 3.00 bits per heavy atom. The molecule has 1 aliphatic rings. The summed E-state index contributed by atoms with van der Waals surface area (Å²) in [6.07, 6.45) is 0. The highest BCUT2D eigenvalue weighted by atomic mass is 19.1. The van der Waals surface area contributed by atoms with Crippen molar-refractivity contribution in [1.82, 2.24) is 10.2 Å². The first-order valence-corrected chi connectivity index (χ1v) is 5.90. The molecule has 0 bridgehead atoms. The van der Waals surface area contributed by atoms with Crippen molar-refractivity contribution < 1.29 is 13.9 Å². The van der Waals surface area contributed by atoms with Crippen LogP contribution in [0.1, 0.15) is 11.6 Å². The van der Waals surface area contributed by atoms with Gasteiger partial charge in [0.05, 0.1) is 19.7 Å². The Hall–Kier alpha value is -2.13. The van der Waals surface area contributed by atoms with Crippen molar-refractivity contribution in [2.45, 2.75) is 6.04 Å². The van der Waals surface area contributed by atoms with Crippen molar-refractivity contribution >= 4 is 5.91 Å². The smallest absolute Gasteiger partial charge is 0.237 e. The highest BCUT2D eigenvalue weighted by Crippen LogP contribution is 2.30. The Labute approximate surface area is 110 Å². The summed E-state index contributed by atoms with van der Waals surface area (Å²) in [7, 11) is 1.45. The Morgan fingerprint density at radius 1 is 1.58 bits per heavy atom. The first-order chi connectivity index (χ1) is 9.17. The monoisotopic (exact) mass is 263 g/mol. The molecule has 1 atom stereocenters. The molecule has 0 spiro atoms. The third-order valence-corrected chi connectivity index (χ3v) is 3.05. The normalized spacial score (nSPS) is 16.9. The number of amides is 1. The molecule has 0 aromatic heterocycles. The molecule has 1 aliphatic heterocycles. The van der Waals surface area contributed by atoms with E-state index in [4.69, 9.17) is 4.74 Å². The molecule has 2 rings (SSSR count). The van der Waals surface area contributed by atoms with E-state index in [1.807, 2.05) is 0 Å². The number of methoxy groups -OCH3 is 1. The standard InChI is InChI=1S/C13H14FN3O2/c1-19-12-3-2-9(14)6-10(12)11(7-15)17-5-4-16-8-13(17)18/h2-3,6,11,16H,4-5,8H2,1H3. The molecular weight excluding hydrogens is 249 g/mol. The molecule has 1 heterocycles. The Morgan fingerprint density at radius 2 is 2.37 bits per heavy atom. The number of carbonyl (C=O) groups is 1. The van der Waals surface area contributed by atoms with E-state index in [1.54, 1.807) is 0 Å². The van der Waals surface area contributed by atoms with E-state index in [0.717, 1.165) is 0 Å². The zero-order valence-electron chi connectivity index (χ0n) is 10.5. The maximum atomic E-state index is 13.4. The SMILES string of the molecule is COc1ccc(F)cc1C(C#N)N1CCNCC1=O. The summed E-state index contributed by atoms with van der Waals surface area (Å²) >= 11 is 0. The van der Waals surface area contributed by atoms with Crippen LogP contribution in [0.2, 0.25) is 0 Å². The maximum Gasteiger partial charge on any atom is 0.237 e. The highest BCUT2D eigenvalue weighted by Gasteiger charge is 2.29. The van der Waals surface area contributed by atoms with E-state index >= 15 is 0 Å². The van der Waals surface area contributed by atoms with E-state index in [9.17, 15) is 14.4 Å². The van der Waals surface area contributed by atoms with Gasteiger partial charge in [-0.15, -0.1) is 0 Å². The molecule has 1 amide bonds. The van der Waals surface area contributed by atoms with Gasteiger partial charge in [-0.2, -0.15) is 5.26 Å². The van der Waals surface area contributed by atoms with Gasteiger partial charge in [0.25, 0.3) is 0 Å². The predicted molar refractivity (Wildman–Crippen MR) is 65.9 cm³/mol. The number of ether oxygens (including phenoxy) is 1. The van der Waals surface area contributed by atoms with Gasteiger partial charge >= 0.3 is 0 Å². The minimum absolute atomic E-state index is 0.177. The van der Waals surface area contributed by atoms with Crippen LogP contribution in [0.25, 0.3) is 0 Å². The molecular formula is C13H14FN3O2. The lowest BCUT2D eigenvalue weighted by atomic mass is 10.0. The fourth-order valence-corrected chi connectivity index (χ4v) is 2.12. The zero-order chi connectivity index (χ0) is 13.8. The molecule has 1 aromatic rings. The van der Waals surface area contributed by atoms with Crippen LogP contribution in [0.3, 0.4) is 0 Å². The summed E-state index contributed by atoms with van der Waals surface area (Å²) in [4.78, 5) is 13.3. The number of halogens is 1. The van der Waals surface area contributed by atoms with Gasteiger partial charge in [0.1, 0.15) is 17.6 Å². The molecule has 1 saturated heterocycles. The average Bonchev–Trinajstić information content (AvgIpc) is 2.42. The second kappa shape index (κ2) is 5.67. The lowest BCUT2D eigenvalue weighted by molar-refractivity contribution is -0.133. The summed E-state index contributed by atoms with van der Waals surface area (Å²) in [5.74, 6) is -0.234. The van der Waals surface area contributed by atoms with Gasteiger partial charge in [-0.05, 0) is 18.2 Å². The average molecular weight is 263 g/mol. The molecule has 6 heteroatoms.